The Hall–Kier alpha value is -1.95. The fourth-order valence-corrected chi connectivity index (χ4v) is 3.97. The zero-order valence-corrected chi connectivity index (χ0v) is 16.5. The lowest BCUT2D eigenvalue weighted by atomic mass is 10.0. The first-order chi connectivity index (χ1) is 12.2. The van der Waals surface area contributed by atoms with Crippen LogP contribution in [-0.2, 0) is 25.0 Å². The summed E-state index contributed by atoms with van der Waals surface area (Å²) in [7, 11) is 0. The van der Waals surface area contributed by atoms with Gasteiger partial charge in [0.1, 0.15) is 5.82 Å². The van der Waals surface area contributed by atoms with Gasteiger partial charge >= 0.3 is 0 Å². The largest absolute Gasteiger partial charge is 0.310 e. The van der Waals surface area contributed by atoms with Gasteiger partial charge in [-0.05, 0) is 47.5 Å². The molecule has 0 aromatic carbocycles. The van der Waals surface area contributed by atoms with E-state index in [1.54, 1.807) is 0 Å². The summed E-state index contributed by atoms with van der Waals surface area (Å²) in [4.78, 5) is 22.7. The monoisotopic (exact) mass is 355 g/mol. The summed E-state index contributed by atoms with van der Waals surface area (Å²) in [5, 5.41) is 4.76. The number of fused-ring (bicyclic) bond motifs is 1. The minimum atomic E-state index is -0.0259. The van der Waals surface area contributed by atoms with Crippen molar-refractivity contribution >= 4 is 0 Å². The average molecular weight is 355 g/mol. The van der Waals surface area contributed by atoms with E-state index in [-0.39, 0.29) is 11.1 Å². The molecule has 6 nitrogen and oxygen atoms in total. The molecule has 0 saturated heterocycles. The summed E-state index contributed by atoms with van der Waals surface area (Å²) in [5.74, 6) is 1.39. The zero-order chi connectivity index (χ0) is 18.6. The van der Waals surface area contributed by atoms with Crippen molar-refractivity contribution in [3.8, 4) is 0 Å². The van der Waals surface area contributed by atoms with Crippen molar-refractivity contribution in [1.29, 1.82) is 0 Å². The summed E-state index contributed by atoms with van der Waals surface area (Å²) < 4.78 is 2.12. The van der Waals surface area contributed by atoms with Gasteiger partial charge in [0.15, 0.2) is 0 Å². The second kappa shape index (κ2) is 6.05. The molecule has 26 heavy (non-hydrogen) atoms. The van der Waals surface area contributed by atoms with Crippen LogP contribution in [0, 0.1) is 13.8 Å². The Morgan fingerprint density at radius 2 is 1.96 bits per heavy atom. The molecule has 4 rings (SSSR count). The number of aromatic nitrogens is 4. The minimum absolute atomic E-state index is 0.0259. The number of hydrogen-bond donors (Lipinski definition) is 1. The molecule has 0 amide bonds. The molecule has 1 saturated carbocycles. The van der Waals surface area contributed by atoms with E-state index in [1.807, 2.05) is 0 Å². The lowest BCUT2D eigenvalue weighted by Crippen LogP contribution is -2.36. The van der Waals surface area contributed by atoms with Gasteiger partial charge in [0.05, 0.1) is 22.5 Å². The highest BCUT2D eigenvalue weighted by Crippen LogP contribution is 2.37. The molecule has 2 aliphatic rings. The molecule has 0 bridgehead atoms. The van der Waals surface area contributed by atoms with Gasteiger partial charge < -0.3 is 4.98 Å². The molecule has 0 radical (unpaired) electrons. The van der Waals surface area contributed by atoms with Crippen LogP contribution in [0.1, 0.15) is 73.6 Å². The van der Waals surface area contributed by atoms with Crippen LogP contribution in [0.25, 0.3) is 0 Å². The third-order valence-electron chi connectivity index (χ3n) is 5.59. The van der Waals surface area contributed by atoms with E-state index in [4.69, 9.17) is 10.1 Å². The van der Waals surface area contributed by atoms with E-state index in [0.29, 0.717) is 12.5 Å². The normalized spacial score (nSPS) is 18.2. The van der Waals surface area contributed by atoms with Gasteiger partial charge in [-0.1, -0.05) is 0 Å². The first-order valence-electron chi connectivity index (χ1n) is 9.64. The second-order valence-electron chi connectivity index (χ2n) is 8.84. The summed E-state index contributed by atoms with van der Waals surface area (Å²) >= 11 is 0. The quantitative estimate of drug-likeness (QED) is 0.919. The summed E-state index contributed by atoms with van der Waals surface area (Å²) in [6.45, 7) is 13.2. The Morgan fingerprint density at radius 1 is 1.23 bits per heavy atom. The second-order valence-corrected chi connectivity index (χ2v) is 8.84. The van der Waals surface area contributed by atoms with Crippen molar-refractivity contribution in [2.75, 3.05) is 6.54 Å². The molecule has 1 N–H and O–H groups in total. The van der Waals surface area contributed by atoms with E-state index in [1.165, 1.54) is 11.3 Å². The van der Waals surface area contributed by atoms with E-state index in [0.717, 1.165) is 55.1 Å². The maximum Gasteiger partial charge on any atom is 0.255 e. The van der Waals surface area contributed by atoms with Crippen molar-refractivity contribution in [2.24, 2.45) is 0 Å². The summed E-state index contributed by atoms with van der Waals surface area (Å²) in [6, 6.07) is 0. The van der Waals surface area contributed by atoms with Crippen molar-refractivity contribution in [3.63, 3.8) is 0 Å². The van der Waals surface area contributed by atoms with Gasteiger partial charge in [0, 0.05) is 43.2 Å². The summed E-state index contributed by atoms with van der Waals surface area (Å²) in [6.07, 6.45) is 3.17. The molecule has 0 atom stereocenters. The fraction of sp³-hybridized carbons (Fsp3) is 0.650. The maximum atomic E-state index is 12.5. The van der Waals surface area contributed by atoms with E-state index in [9.17, 15) is 4.79 Å². The molecule has 0 unspecified atom stereocenters. The first-order valence-corrected chi connectivity index (χ1v) is 9.64. The van der Waals surface area contributed by atoms with Crippen LogP contribution in [0.3, 0.4) is 0 Å². The van der Waals surface area contributed by atoms with Gasteiger partial charge in [-0.2, -0.15) is 5.10 Å². The number of nitrogens with zero attached hydrogens (tertiary/aromatic N) is 4. The number of aromatic amines is 1. The molecule has 2 aromatic rings. The lowest BCUT2D eigenvalue weighted by molar-refractivity contribution is 0.240. The molecule has 0 spiro atoms. The van der Waals surface area contributed by atoms with Crippen LogP contribution >= 0.6 is 0 Å². The molecule has 1 aliphatic carbocycles. The molecule has 2 aromatic heterocycles. The Kier molecular flexibility index (Phi) is 4.06. The molecule has 1 aliphatic heterocycles. The molecule has 140 valence electrons. The predicted molar refractivity (Wildman–Crippen MR) is 101 cm³/mol. The van der Waals surface area contributed by atoms with Gasteiger partial charge in [-0.3, -0.25) is 14.4 Å². The number of nitrogens with one attached hydrogen (secondary N) is 1. The first kappa shape index (κ1) is 17.5. The number of hydrogen-bond acceptors (Lipinski definition) is 4. The molecular weight excluding hydrogens is 326 g/mol. The lowest BCUT2D eigenvalue weighted by Gasteiger charge is -2.28. The Balaban J connectivity index is 1.57. The standard InChI is InChI=1S/C20H29N5O/c1-12-15(13(2)25(23-12)20(3,4)5)10-24-9-8-17-16(11-24)19(26)22-18(21-17)14-6-7-14/h14H,6-11H2,1-5H3,(H,21,22,26). The molecule has 1 fully saturated rings. The fourth-order valence-electron chi connectivity index (χ4n) is 3.97. The highest BCUT2D eigenvalue weighted by Gasteiger charge is 2.29. The molecule has 3 heterocycles. The highest BCUT2D eigenvalue weighted by atomic mass is 16.1. The van der Waals surface area contributed by atoms with Crippen LogP contribution in [0.5, 0.6) is 0 Å². The highest BCUT2D eigenvalue weighted by molar-refractivity contribution is 5.27. The van der Waals surface area contributed by atoms with Crippen LogP contribution in [-0.4, -0.2) is 31.2 Å². The van der Waals surface area contributed by atoms with Crippen molar-refractivity contribution in [3.05, 3.63) is 44.4 Å². The minimum Gasteiger partial charge on any atom is -0.310 e. The Morgan fingerprint density at radius 3 is 2.58 bits per heavy atom. The van der Waals surface area contributed by atoms with Crippen LogP contribution < -0.4 is 5.56 Å². The smallest absolute Gasteiger partial charge is 0.255 e. The predicted octanol–water partition coefficient (Wildman–Crippen LogP) is 2.77. The Bertz CT molecular complexity index is 898. The zero-order valence-electron chi connectivity index (χ0n) is 16.5. The SMILES string of the molecule is Cc1nn(C(C)(C)C)c(C)c1CN1CCc2nc(C3CC3)[nH]c(=O)c2C1. The number of aryl methyl sites for hydroxylation is 1. The van der Waals surface area contributed by atoms with Gasteiger partial charge in [-0.25, -0.2) is 4.98 Å². The number of rotatable bonds is 3. The maximum absolute atomic E-state index is 12.5. The molecule has 6 heteroatoms. The van der Waals surface area contributed by atoms with Crippen molar-refractivity contribution in [1.82, 2.24) is 24.6 Å². The van der Waals surface area contributed by atoms with Crippen LogP contribution in [0.4, 0.5) is 0 Å². The van der Waals surface area contributed by atoms with Gasteiger partial charge in [0.2, 0.25) is 0 Å². The van der Waals surface area contributed by atoms with Gasteiger partial charge in [-0.15, -0.1) is 0 Å². The third-order valence-corrected chi connectivity index (χ3v) is 5.59. The van der Waals surface area contributed by atoms with E-state index >= 15 is 0 Å². The summed E-state index contributed by atoms with van der Waals surface area (Å²) in [5.41, 5.74) is 5.46. The van der Waals surface area contributed by atoms with Crippen LogP contribution in [0.15, 0.2) is 4.79 Å². The number of H-pyrrole nitrogens is 1. The molecular formula is C20H29N5O. The van der Waals surface area contributed by atoms with Crippen molar-refractivity contribution < 1.29 is 0 Å². The van der Waals surface area contributed by atoms with E-state index in [2.05, 4.69) is 49.2 Å². The van der Waals surface area contributed by atoms with Crippen LogP contribution in [0.2, 0.25) is 0 Å². The third kappa shape index (κ3) is 3.11. The topological polar surface area (TPSA) is 66.8 Å². The average Bonchev–Trinajstić information content (AvgIpc) is 3.37. The van der Waals surface area contributed by atoms with Gasteiger partial charge in [0.25, 0.3) is 5.56 Å². The Labute approximate surface area is 154 Å². The van der Waals surface area contributed by atoms with E-state index < -0.39 is 0 Å². The van der Waals surface area contributed by atoms with Crippen molar-refractivity contribution in [2.45, 2.75) is 78.4 Å².